The van der Waals surface area contributed by atoms with Crippen molar-refractivity contribution in [3.05, 3.63) is 23.8 Å². The van der Waals surface area contributed by atoms with Gasteiger partial charge in [0.1, 0.15) is 4.90 Å². The lowest BCUT2D eigenvalue weighted by Crippen LogP contribution is -2.33. The van der Waals surface area contributed by atoms with E-state index in [-0.39, 0.29) is 16.5 Å². The van der Waals surface area contributed by atoms with Gasteiger partial charge in [-0.2, -0.15) is 0 Å². The lowest BCUT2D eigenvalue weighted by atomic mass is 10.0. The zero-order chi connectivity index (χ0) is 13.9. The van der Waals surface area contributed by atoms with Crippen molar-refractivity contribution in [2.45, 2.75) is 24.7 Å². The van der Waals surface area contributed by atoms with Crippen molar-refractivity contribution in [1.29, 1.82) is 0 Å². The van der Waals surface area contributed by atoms with Gasteiger partial charge in [0.15, 0.2) is 0 Å². The molecule has 0 saturated carbocycles. The van der Waals surface area contributed by atoms with Crippen LogP contribution in [0.3, 0.4) is 0 Å². The highest BCUT2D eigenvalue weighted by Gasteiger charge is 2.22. The molecule has 3 N–H and O–H groups in total. The van der Waals surface area contributed by atoms with Gasteiger partial charge < -0.3 is 10.5 Å². The molecule has 6 heteroatoms. The van der Waals surface area contributed by atoms with Crippen molar-refractivity contribution in [3.63, 3.8) is 0 Å². The predicted molar refractivity (Wildman–Crippen MR) is 74.3 cm³/mol. The molecule has 0 spiro atoms. The van der Waals surface area contributed by atoms with Gasteiger partial charge in [-0.3, -0.25) is 0 Å². The third-order valence-electron chi connectivity index (χ3n) is 3.33. The molecule has 2 rings (SSSR count). The molecular formula is C13H20N2O3S. The maximum Gasteiger partial charge on any atom is 0.242 e. The van der Waals surface area contributed by atoms with E-state index >= 15 is 0 Å². The number of rotatable bonds is 4. The van der Waals surface area contributed by atoms with Gasteiger partial charge in [-0.15, -0.1) is 0 Å². The number of benzene rings is 1. The van der Waals surface area contributed by atoms with Crippen LogP contribution in [0.5, 0.6) is 0 Å². The van der Waals surface area contributed by atoms with Crippen LogP contribution in [0.15, 0.2) is 23.1 Å². The van der Waals surface area contributed by atoms with Crippen LogP contribution in [0.2, 0.25) is 0 Å². The number of nitrogens with two attached hydrogens (primary N) is 1. The van der Waals surface area contributed by atoms with Gasteiger partial charge in [0.05, 0.1) is 12.3 Å². The smallest absolute Gasteiger partial charge is 0.242 e. The third kappa shape index (κ3) is 3.46. The Kier molecular flexibility index (Phi) is 4.44. The average molecular weight is 284 g/mol. The van der Waals surface area contributed by atoms with Crippen LogP contribution in [-0.2, 0) is 14.8 Å². The summed E-state index contributed by atoms with van der Waals surface area (Å²) in [7, 11) is -3.55. The van der Waals surface area contributed by atoms with E-state index in [1.807, 2.05) is 0 Å². The second-order valence-electron chi connectivity index (χ2n) is 4.93. The Morgan fingerprint density at radius 2 is 2.26 bits per heavy atom. The Morgan fingerprint density at radius 3 is 2.89 bits per heavy atom. The summed E-state index contributed by atoms with van der Waals surface area (Å²) in [5.41, 5.74) is 6.72. The monoisotopic (exact) mass is 284 g/mol. The molecule has 1 heterocycles. The van der Waals surface area contributed by atoms with Crippen LogP contribution in [0.1, 0.15) is 18.4 Å². The highest BCUT2D eigenvalue weighted by atomic mass is 32.2. The lowest BCUT2D eigenvalue weighted by Gasteiger charge is -2.22. The van der Waals surface area contributed by atoms with Crippen molar-refractivity contribution < 1.29 is 13.2 Å². The van der Waals surface area contributed by atoms with Crippen molar-refractivity contribution in [3.8, 4) is 0 Å². The van der Waals surface area contributed by atoms with Crippen molar-refractivity contribution >= 4 is 15.7 Å². The SMILES string of the molecule is Cc1cccc(N)c1S(=O)(=O)NCC1CCCOC1. The molecule has 1 saturated heterocycles. The molecule has 1 aliphatic heterocycles. The second-order valence-corrected chi connectivity index (χ2v) is 6.63. The van der Waals surface area contributed by atoms with E-state index in [1.165, 1.54) is 0 Å². The van der Waals surface area contributed by atoms with Crippen molar-refractivity contribution in [2.24, 2.45) is 5.92 Å². The zero-order valence-electron chi connectivity index (χ0n) is 11.1. The number of aryl methyl sites for hydroxylation is 1. The van der Waals surface area contributed by atoms with Crippen LogP contribution in [0, 0.1) is 12.8 Å². The largest absolute Gasteiger partial charge is 0.398 e. The van der Waals surface area contributed by atoms with E-state index in [2.05, 4.69) is 4.72 Å². The van der Waals surface area contributed by atoms with Gasteiger partial charge in [-0.25, -0.2) is 13.1 Å². The Bertz CT molecular complexity index is 517. The first-order valence-electron chi connectivity index (χ1n) is 6.43. The number of anilines is 1. The molecule has 19 heavy (non-hydrogen) atoms. The topological polar surface area (TPSA) is 81.4 Å². The molecule has 1 aliphatic rings. The molecule has 0 amide bonds. The molecule has 1 atom stereocenters. The van der Waals surface area contributed by atoms with Gasteiger partial charge in [0.25, 0.3) is 0 Å². The van der Waals surface area contributed by atoms with Crippen LogP contribution >= 0.6 is 0 Å². The van der Waals surface area contributed by atoms with Crippen molar-refractivity contribution in [2.75, 3.05) is 25.5 Å². The van der Waals surface area contributed by atoms with Crippen LogP contribution in [0.4, 0.5) is 5.69 Å². The fraction of sp³-hybridized carbons (Fsp3) is 0.538. The average Bonchev–Trinajstić information content (AvgIpc) is 2.37. The van der Waals surface area contributed by atoms with Crippen LogP contribution in [-0.4, -0.2) is 28.2 Å². The number of hydrogen-bond donors (Lipinski definition) is 2. The van der Waals surface area contributed by atoms with E-state index < -0.39 is 10.0 Å². The molecule has 1 fully saturated rings. The van der Waals surface area contributed by atoms with Crippen LogP contribution in [0.25, 0.3) is 0 Å². The Balaban J connectivity index is 2.09. The summed E-state index contributed by atoms with van der Waals surface area (Å²) in [6.45, 7) is 3.53. The van der Waals surface area contributed by atoms with Gasteiger partial charge >= 0.3 is 0 Å². The van der Waals surface area contributed by atoms with Crippen molar-refractivity contribution in [1.82, 2.24) is 4.72 Å². The quantitative estimate of drug-likeness (QED) is 0.816. The van der Waals surface area contributed by atoms with Gasteiger partial charge in [-0.1, -0.05) is 12.1 Å². The van der Waals surface area contributed by atoms with E-state index in [0.29, 0.717) is 18.7 Å². The molecule has 5 nitrogen and oxygen atoms in total. The number of ether oxygens (including phenoxy) is 1. The molecule has 1 aromatic rings. The lowest BCUT2D eigenvalue weighted by molar-refractivity contribution is 0.0568. The van der Waals surface area contributed by atoms with Gasteiger partial charge in [0.2, 0.25) is 10.0 Å². The Labute approximate surface area is 114 Å². The molecular weight excluding hydrogens is 264 g/mol. The molecule has 106 valence electrons. The minimum atomic E-state index is -3.55. The first kappa shape index (κ1) is 14.3. The third-order valence-corrected chi connectivity index (χ3v) is 4.97. The fourth-order valence-electron chi connectivity index (χ4n) is 2.31. The number of hydrogen-bond acceptors (Lipinski definition) is 4. The zero-order valence-corrected chi connectivity index (χ0v) is 11.9. The second kappa shape index (κ2) is 5.90. The Hall–Kier alpha value is -1.11. The molecule has 1 aromatic carbocycles. The normalized spacial score (nSPS) is 20.4. The Morgan fingerprint density at radius 1 is 1.47 bits per heavy atom. The molecule has 0 aromatic heterocycles. The van der Waals surface area contributed by atoms with Gasteiger partial charge in [0, 0.05) is 13.2 Å². The summed E-state index contributed by atoms with van der Waals surface area (Å²) in [5.74, 6) is 0.244. The molecule has 0 radical (unpaired) electrons. The predicted octanol–water partition coefficient (Wildman–Crippen LogP) is 1.28. The maximum absolute atomic E-state index is 12.3. The highest BCUT2D eigenvalue weighted by molar-refractivity contribution is 7.89. The van der Waals surface area contributed by atoms with E-state index in [0.717, 1.165) is 19.4 Å². The summed E-state index contributed by atoms with van der Waals surface area (Å²) in [4.78, 5) is 0.187. The number of nitrogen functional groups attached to an aromatic ring is 1. The number of sulfonamides is 1. The van der Waals surface area contributed by atoms with E-state index in [4.69, 9.17) is 10.5 Å². The summed E-state index contributed by atoms with van der Waals surface area (Å²) in [5, 5.41) is 0. The standard InChI is InChI=1S/C13H20N2O3S/c1-10-4-2-6-12(14)13(10)19(16,17)15-8-11-5-3-7-18-9-11/h2,4,6,11,15H,3,5,7-9,14H2,1H3. The maximum atomic E-state index is 12.3. The highest BCUT2D eigenvalue weighted by Crippen LogP contribution is 2.22. The first-order chi connectivity index (χ1) is 9.00. The van der Waals surface area contributed by atoms with Gasteiger partial charge in [-0.05, 0) is 37.3 Å². The minimum absolute atomic E-state index is 0.187. The summed E-state index contributed by atoms with van der Waals surface area (Å²) in [6.07, 6.45) is 1.98. The molecule has 0 aliphatic carbocycles. The molecule has 0 bridgehead atoms. The minimum Gasteiger partial charge on any atom is -0.398 e. The summed E-state index contributed by atoms with van der Waals surface area (Å²) in [6, 6.07) is 5.10. The summed E-state index contributed by atoms with van der Waals surface area (Å²) >= 11 is 0. The van der Waals surface area contributed by atoms with E-state index in [9.17, 15) is 8.42 Å². The van der Waals surface area contributed by atoms with Crippen LogP contribution < -0.4 is 10.5 Å². The van der Waals surface area contributed by atoms with E-state index in [1.54, 1.807) is 25.1 Å². The fourth-order valence-corrected chi connectivity index (χ4v) is 3.78. The summed E-state index contributed by atoms with van der Waals surface area (Å²) < 4.78 is 32.5. The number of nitrogens with one attached hydrogen (secondary N) is 1. The first-order valence-corrected chi connectivity index (χ1v) is 7.91. The molecule has 1 unspecified atom stereocenters.